The smallest absolute Gasteiger partial charge is 0.274 e. The first-order valence-corrected chi connectivity index (χ1v) is 10.3. The number of hydrogen-bond acceptors (Lipinski definition) is 5. The fourth-order valence-corrected chi connectivity index (χ4v) is 4.43. The minimum Gasteiger partial charge on any atom is -0.505 e. The minimum absolute atomic E-state index is 0.128. The zero-order valence-electron chi connectivity index (χ0n) is 18.0. The molecule has 0 radical (unpaired) electrons. The summed E-state index contributed by atoms with van der Waals surface area (Å²) in [6.45, 7) is 1.86. The second-order valence-corrected chi connectivity index (χ2v) is 8.15. The van der Waals surface area contributed by atoms with Crippen molar-refractivity contribution in [3.63, 3.8) is 0 Å². The monoisotopic (exact) mass is 430 g/mol. The lowest BCUT2D eigenvalue weighted by Gasteiger charge is -2.37. The van der Waals surface area contributed by atoms with Gasteiger partial charge < -0.3 is 24.3 Å². The Bertz CT molecular complexity index is 1000. The van der Waals surface area contributed by atoms with Crippen LogP contribution >= 0.6 is 0 Å². The molecule has 0 fully saturated rings. The van der Waals surface area contributed by atoms with E-state index < -0.39 is 0 Å². The Labute approximate surface area is 180 Å². The SMILES string of the molecule is CON(C)CCC1CN(Cc2ccc(F)cc2)C(=O)c2c(O)c3c(n21)CCN(C)C3=O. The van der Waals surface area contributed by atoms with Crippen LogP contribution in [0.1, 0.15) is 44.6 Å². The number of carbonyl (C=O) groups is 2. The molecule has 1 N–H and O–H groups in total. The van der Waals surface area contributed by atoms with Crippen molar-refractivity contribution in [3.8, 4) is 5.75 Å². The Morgan fingerprint density at radius 3 is 2.61 bits per heavy atom. The van der Waals surface area contributed by atoms with Crippen LogP contribution in [0.5, 0.6) is 5.75 Å². The van der Waals surface area contributed by atoms with Gasteiger partial charge in [0.05, 0.1) is 13.2 Å². The maximum atomic E-state index is 13.4. The van der Waals surface area contributed by atoms with Crippen molar-refractivity contribution in [1.29, 1.82) is 0 Å². The van der Waals surface area contributed by atoms with E-state index in [0.717, 1.165) is 11.3 Å². The van der Waals surface area contributed by atoms with Gasteiger partial charge in [-0.25, -0.2) is 4.39 Å². The van der Waals surface area contributed by atoms with E-state index in [1.165, 1.54) is 12.1 Å². The first-order valence-electron chi connectivity index (χ1n) is 10.3. The molecule has 166 valence electrons. The van der Waals surface area contributed by atoms with Crippen LogP contribution in [0.15, 0.2) is 24.3 Å². The van der Waals surface area contributed by atoms with E-state index in [4.69, 9.17) is 4.84 Å². The number of amides is 2. The van der Waals surface area contributed by atoms with Crippen LogP contribution in [0.4, 0.5) is 4.39 Å². The first-order chi connectivity index (χ1) is 14.8. The average Bonchev–Trinajstić information content (AvgIpc) is 3.06. The number of likely N-dealkylation sites (N-methyl/N-ethyl adjacent to an activating group) is 1. The van der Waals surface area contributed by atoms with E-state index in [-0.39, 0.29) is 40.7 Å². The van der Waals surface area contributed by atoms with E-state index in [9.17, 15) is 19.1 Å². The largest absolute Gasteiger partial charge is 0.505 e. The van der Waals surface area contributed by atoms with Gasteiger partial charge in [0, 0.05) is 52.4 Å². The molecule has 1 atom stereocenters. The van der Waals surface area contributed by atoms with Crippen LogP contribution < -0.4 is 0 Å². The molecule has 1 aromatic heterocycles. The van der Waals surface area contributed by atoms with Gasteiger partial charge in [0.15, 0.2) is 11.4 Å². The van der Waals surface area contributed by atoms with Gasteiger partial charge in [-0.05, 0) is 24.1 Å². The summed E-state index contributed by atoms with van der Waals surface area (Å²) < 4.78 is 15.2. The molecule has 8 nitrogen and oxygen atoms in total. The molecule has 0 saturated heterocycles. The van der Waals surface area contributed by atoms with Crippen molar-refractivity contribution >= 4 is 11.8 Å². The Kier molecular flexibility index (Phi) is 5.72. The Morgan fingerprint density at radius 2 is 1.94 bits per heavy atom. The quantitative estimate of drug-likeness (QED) is 0.710. The summed E-state index contributed by atoms with van der Waals surface area (Å²) >= 11 is 0. The third-order valence-electron chi connectivity index (χ3n) is 6.19. The fraction of sp³-hybridized carbons (Fsp3) is 0.455. The van der Waals surface area contributed by atoms with Gasteiger partial charge in [0.25, 0.3) is 11.8 Å². The standard InChI is InChI=1S/C22H27FN4O4/c1-24-10-9-17-18(21(24)29)20(28)19-22(30)26(12-14-4-6-15(23)7-5-14)13-16(27(17)19)8-11-25(2)31-3/h4-7,16,28H,8-13H2,1-3H3. The number of hydrogen-bond donors (Lipinski definition) is 1. The third kappa shape index (κ3) is 3.79. The number of rotatable bonds is 6. The average molecular weight is 430 g/mol. The number of fused-ring (bicyclic) bond motifs is 3. The normalized spacial score (nSPS) is 18.5. The molecule has 2 aliphatic heterocycles. The molecule has 0 aliphatic carbocycles. The lowest BCUT2D eigenvalue weighted by atomic mass is 10.1. The van der Waals surface area contributed by atoms with Gasteiger partial charge in [-0.3, -0.25) is 9.59 Å². The second-order valence-electron chi connectivity index (χ2n) is 8.15. The molecule has 0 spiro atoms. The predicted molar refractivity (Wildman–Crippen MR) is 111 cm³/mol. The van der Waals surface area contributed by atoms with Gasteiger partial charge in [0.1, 0.15) is 11.4 Å². The van der Waals surface area contributed by atoms with E-state index >= 15 is 0 Å². The minimum atomic E-state index is -0.337. The number of halogens is 1. The molecule has 1 unspecified atom stereocenters. The molecule has 31 heavy (non-hydrogen) atoms. The summed E-state index contributed by atoms with van der Waals surface area (Å²) in [6.07, 6.45) is 1.24. The summed E-state index contributed by atoms with van der Waals surface area (Å²) in [5.74, 6) is -1.18. The molecule has 0 bridgehead atoms. The number of nitrogens with zero attached hydrogens (tertiary/aromatic N) is 4. The van der Waals surface area contributed by atoms with E-state index in [2.05, 4.69) is 0 Å². The highest BCUT2D eigenvalue weighted by atomic mass is 19.1. The zero-order valence-corrected chi connectivity index (χ0v) is 18.0. The highest BCUT2D eigenvalue weighted by molar-refractivity contribution is 6.05. The van der Waals surface area contributed by atoms with Gasteiger partial charge in [-0.15, -0.1) is 0 Å². The zero-order chi connectivity index (χ0) is 22.3. The topological polar surface area (TPSA) is 78.2 Å². The lowest BCUT2D eigenvalue weighted by molar-refractivity contribution is -0.111. The molecule has 4 rings (SSSR count). The second kappa shape index (κ2) is 8.32. The maximum Gasteiger partial charge on any atom is 0.274 e. The van der Waals surface area contributed by atoms with E-state index in [1.54, 1.807) is 41.2 Å². The number of carbonyl (C=O) groups excluding carboxylic acids is 2. The van der Waals surface area contributed by atoms with Gasteiger partial charge in [-0.2, -0.15) is 5.06 Å². The van der Waals surface area contributed by atoms with Gasteiger partial charge >= 0.3 is 0 Å². The maximum absolute atomic E-state index is 13.4. The Balaban J connectivity index is 1.73. The Hall–Kier alpha value is -2.91. The van der Waals surface area contributed by atoms with Crippen molar-refractivity contribution < 1.29 is 23.9 Å². The van der Waals surface area contributed by atoms with Crippen molar-refractivity contribution in [2.75, 3.05) is 40.8 Å². The van der Waals surface area contributed by atoms with Gasteiger partial charge in [-0.1, -0.05) is 12.1 Å². The van der Waals surface area contributed by atoms with E-state index in [0.29, 0.717) is 39.0 Å². The predicted octanol–water partition coefficient (Wildman–Crippen LogP) is 2.04. The number of hydroxylamine groups is 2. The highest BCUT2D eigenvalue weighted by Crippen LogP contribution is 2.40. The summed E-state index contributed by atoms with van der Waals surface area (Å²) in [7, 11) is 5.11. The van der Waals surface area contributed by atoms with Crippen molar-refractivity contribution in [1.82, 2.24) is 19.4 Å². The molecule has 0 saturated carbocycles. The van der Waals surface area contributed by atoms with Crippen LogP contribution in [0, 0.1) is 5.82 Å². The summed E-state index contributed by atoms with van der Waals surface area (Å²) in [6, 6.07) is 5.89. The number of aromatic hydroxyl groups is 1. The third-order valence-corrected chi connectivity index (χ3v) is 6.19. The van der Waals surface area contributed by atoms with Gasteiger partial charge in [0.2, 0.25) is 0 Å². The Morgan fingerprint density at radius 1 is 1.23 bits per heavy atom. The number of benzene rings is 1. The van der Waals surface area contributed by atoms with Crippen molar-refractivity contribution in [2.24, 2.45) is 0 Å². The molecule has 3 heterocycles. The van der Waals surface area contributed by atoms with Crippen LogP contribution in [0.25, 0.3) is 0 Å². The van der Waals surface area contributed by atoms with Crippen molar-refractivity contribution in [3.05, 3.63) is 52.6 Å². The van der Waals surface area contributed by atoms with Crippen LogP contribution in [-0.4, -0.2) is 77.2 Å². The first kappa shape index (κ1) is 21.3. The molecule has 1 aromatic carbocycles. The molecule has 2 aliphatic rings. The molecule has 2 aromatic rings. The van der Waals surface area contributed by atoms with Crippen LogP contribution in [-0.2, 0) is 17.8 Å². The molecular weight excluding hydrogens is 403 g/mol. The van der Waals surface area contributed by atoms with E-state index in [1.807, 2.05) is 11.6 Å². The van der Waals surface area contributed by atoms with Crippen LogP contribution in [0.2, 0.25) is 0 Å². The summed E-state index contributed by atoms with van der Waals surface area (Å²) in [5, 5.41) is 12.6. The molecule has 2 amide bonds. The van der Waals surface area contributed by atoms with Crippen molar-refractivity contribution in [2.45, 2.75) is 25.4 Å². The van der Waals surface area contributed by atoms with Crippen LogP contribution in [0.3, 0.4) is 0 Å². The highest BCUT2D eigenvalue weighted by Gasteiger charge is 2.41. The fourth-order valence-electron chi connectivity index (χ4n) is 4.43. The summed E-state index contributed by atoms with van der Waals surface area (Å²) in [5.41, 5.74) is 1.90. The molecular formula is C22H27FN4O4. The summed E-state index contributed by atoms with van der Waals surface area (Å²) in [4.78, 5) is 34.6. The number of aromatic nitrogens is 1. The lowest BCUT2D eigenvalue weighted by Crippen LogP contribution is -2.44. The molecule has 9 heteroatoms.